The van der Waals surface area contributed by atoms with E-state index in [4.69, 9.17) is 13.9 Å². The number of benzene rings is 2. The van der Waals surface area contributed by atoms with E-state index in [1.807, 2.05) is 37.3 Å². The van der Waals surface area contributed by atoms with Crippen molar-refractivity contribution < 1.29 is 18.7 Å². The summed E-state index contributed by atoms with van der Waals surface area (Å²) in [5.41, 5.74) is 2.80. The molecule has 0 aliphatic carbocycles. The number of rotatable bonds is 9. The molecule has 0 bridgehead atoms. The summed E-state index contributed by atoms with van der Waals surface area (Å²) in [6, 6.07) is 17.1. The molecule has 0 fully saturated rings. The normalized spacial score (nSPS) is 11.0. The molecule has 0 saturated carbocycles. The Bertz CT molecular complexity index is 1260. The second-order valence-corrected chi connectivity index (χ2v) is 9.12. The number of halogens is 1. The summed E-state index contributed by atoms with van der Waals surface area (Å²) >= 11 is 3.39. The summed E-state index contributed by atoms with van der Waals surface area (Å²) in [6.45, 7) is 6.74. The highest BCUT2D eigenvalue weighted by Crippen LogP contribution is 2.28. The second-order valence-electron chi connectivity index (χ2n) is 8.20. The third-order valence-electron chi connectivity index (χ3n) is 5.11. The van der Waals surface area contributed by atoms with Crippen LogP contribution in [0.2, 0.25) is 0 Å². The van der Waals surface area contributed by atoms with Crippen molar-refractivity contribution in [3.8, 4) is 11.5 Å². The Kier molecular flexibility index (Phi) is 7.37. The van der Waals surface area contributed by atoms with Crippen molar-refractivity contribution in [2.45, 2.75) is 40.0 Å². The molecule has 8 heteroatoms. The van der Waals surface area contributed by atoms with Gasteiger partial charge < -0.3 is 19.2 Å². The Balaban J connectivity index is 1.32. The van der Waals surface area contributed by atoms with Gasteiger partial charge in [0.15, 0.2) is 12.5 Å². The van der Waals surface area contributed by atoms with Crippen molar-refractivity contribution in [2.75, 3.05) is 5.32 Å². The lowest BCUT2D eigenvalue weighted by atomic mass is 10.0. The molecule has 0 spiro atoms. The zero-order chi connectivity index (χ0) is 24.1. The molecule has 1 amide bonds. The molecule has 2 aromatic carbocycles. The molecule has 0 unspecified atom stereocenters. The van der Waals surface area contributed by atoms with E-state index in [0.29, 0.717) is 17.4 Å². The van der Waals surface area contributed by atoms with E-state index in [0.717, 1.165) is 27.1 Å². The van der Waals surface area contributed by atoms with Crippen LogP contribution in [0.25, 0.3) is 0 Å². The third-order valence-corrected chi connectivity index (χ3v) is 5.64. The minimum Gasteiger partial charge on any atom is -0.485 e. The van der Waals surface area contributed by atoms with Gasteiger partial charge in [-0.05, 0) is 66.4 Å². The maximum atomic E-state index is 12.6. The number of aryl methyl sites for hydroxylation is 1. The van der Waals surface area contributed by atoms with E-state index in [-0.39, 0.29) is 25.0 Å². The van der Waals surface area contributed by atoms with Gasteiger partial charge in [-0.15, -0.1) is 0 Å². The van der Waals surface area contributed by atoms with E-state index < -0.39 is 0 Å². The van der Waals surface area contributed by atoms with Crippen molar-refractivity contribution in [1.29, 1.82) is 0 Å². The lowest BCUT2D eigenvalue weighted by Crippen LogP contribution is -2.10. The average Bonchev–Trinajstić information content (AvgIpc) is 3.47. The Morgan fingerprint density at radius 3 is 2.68 bits per heavy atom. The van der Waals surface area contributed by atoms with Gasteiger partial charge in [-0.3, -0.25) is 4.79 Å². The average molecular weight is 524 g/mol. The van der Waals surface area contributed by atoms with Crippen LogP contribution < -0.4 is 14.8 Å². The van der Waals surface area contributed by atoms with E-state index in [1.165, 1.54) is 0 Å². The molecular weight excluding hydrogens is 498 g/mol. The highest BCUT2D eigenvalue weighted by Gasteiger charge is 2.14. The number of carbonyl (C=O) groups is 1. The molecule has 4 aromatic rings. The number of ether oxygens (including phenoxy) is 2. The summed E-state index contributed by atoms with van der Waals surface area (Å²) in [6.07, 6.45) is 3.25. The fourth-order valence-corrected chi connectivity index (χ4v) is 3.60. The van der Waals surface area contributed by atoms with Crippen molar-refractivity contribution >= 4 is 27.5 Å². The molecule has 0 radical (unpaired) electrons. The van der Waals surface area contributed by atoms with Gasteiger partial charge >= 0.3 is 0 Å². The van der Waals surface area contributed by atoms with Crippen molar-refractivity contribution in [3.63, 3.8) is 0 Å². The Morgan fingerprint density at radius 2 is 1.91 bits per heavy atom. The highest BCUT2D eigenvalue weighted by atomic mass is 79.9. The first-order chi connectivity index (χ1) is 16.4. The molecule has 2 heterocycles. The van der Waals surface area contributed by atoms with E-state index in [1.54, 1.807) is 29.2 Å². The summed E-state index contributed by atoms with van der Waals surface area (Å²) in [5, 5.41) is 6.99. The lowest BCUT2D eigenvalue weighted by molar-refractivity contribution is 0.0992. The molecule has 34 heavy (non-hydrogen) atoms. The van der Waals surface area contributed by atoms with Crippen LogP contribution >= 0.6 is 15.9 Å². The SMILES string of the molecule is Cc1ccc(C(C)C)c(OCc2ccc(C(=O)Nc3cnn(COc4ccc(Br)cc4)c3)o2)c1. The molecule has 0 aliphatic heterocycles. The van der Waals surface area contributed by atoms with Crippen LogP contribution in [0.5, 0.6) is 11.5 Å². The molecule has 0 atom stereocenters. The van der Waals surface area contributed by atoms with Crippen LogP contribution in [0.15, 0.2) is 75.9 Å². The fraction of sp³-hybridized carbons (Fsp3) is 0.231. The summed E-state index contributed by atoms with van der Waals surface area (Å²) < 4.78 is 19.9. The van der Waals surface area contributed by atoms with E-state index in [2.05, 4.69) is 52.3 Å². The molecule has 0 saturated heterocycles. The number of anilines is 1. The van der Waals surface area contributed by atoms with Crippen LogP contribution in [0.3, 0.4) is 0 Å². The predicted octanol–water partition coefficient (Wildman–Crippen LogP) is 6.54. The predicted molar refractivity (Wildman–Crippen MR) is 133 cm³/mol. The Labute approximate surface area is 206 Å². The van der Waals surface area contributed by atoms with Crippen LogP contribution in [0.4, 0.5) is 5.69 Å². The van der Waals surface area contributed by atoms with Gasteiger partial charge in [0, 0.05) is 4.47 Å². The number of hydrogen-bond acceptors (Lipinski definition) is 5. The zero-order valence-corrected chi connectivity index (χ0v) is 20.8. The first-order valence-electron chi connectivity index (χ1n) is 10.9. The number of nitrogens with zero attached hydrogens (tertiary/aromatic N) is 2. The van der Waals surface area contributed by atoms with Crippen molar-refractivity contribution in [2.24, 2.45) is 0 Å². The van der Waals surface area contributed by atoms with Gasteiger partial charge in [-0.2, -0.15) is 5.10 Å². The van der Waals surface area contributed by atoms with Gasteiger partial charge in [0.1, 0.15) is 23.9 Å². The van der Waals surface area contributed by atoms with Crippen LogP contribution in [-0.4, -0.2) is 15.7 Å². The number of aromatic nitrogens is 2. The number of amides is 1. The molecule has 7 nitrogen and oxygen atoms in total. The standard InChI is InChI=1S/C26H26BrN3O4/c1-17(2)23-10-4-18(3)12-25(23)32-15-22-9-11-24(34-22)26(31)29-20-13-28-30(14-20)16-33-21-7-5-19(27)6-8-21/h4-14,17H,15-16H2,1-3H3,(H,29,31). The van der Waals surface area contributed by atoms with Crippen molar-refractivity contribution in [3.05, 3.63) is 94.1 Å². The maximum absolute atomic E-state index is 12.6. The fourth-order valence-electron chi connectivity index (χ4n) is 3.33. The maximum Gasteiger partial charge on any atom is 0.291 e. The Morgan fingerprint density at radius 1 is 1.12 bits per heavy atom. The summed E-state index contributed by atoms with van der Waals surface area (Å²) in [7, 11) is 0. The van der Waals surface area contributed by atoms with E-state index in [9.17, 15) is 4.79 Å². The number of carbonyl (C=O) groups excluding carboxylic acids is 1. The third kappa shape index (κ3) is 6.08. The van der Waals surface area contributed by atoms with Gasteiger partial charge in [0.25, 0.3) is 5.91 Å². The van der Waals surface area contributed by atoms with Gasteiger partial charge in [-0.25, -0.2) is 4.68 Å². The Hall–Kier alpha value is -3.52. The van der Waals surface area contributed by atoms with Gasteiger partial charge in [0.05, 0.1) is 18.1 Å². The van der Waals surface area contributed by atoms with Gasteiger partial charge in [0.2, 0.25) is 0 Å². The number of nitrogens with one attached hydrogen (secondary N) is 1. The minimum absolute atomic E-state index is 0.200. The summed E-state index contributed by atoms with van der Waals surface area (Å²) in [5.74, 6) is 2.30. The molecule has 4 rings (SSSR count). The topological polar surface area (TPSA) is 78.5 Å². The molecule has 1 N–H and O–H groups in total. The van der Waals surface area contributed by atoms with E-state index >= 15 is 0 Å². The quantitative estimate of drug-likeness (QED) is 0.269. The molecule has 176 valence electrons. The molecule has 2 aromatic heterocycles. The van der Waals surface area contributed by atoms with Crippen molar-refractivity contribution in [1.82, 2.24) is 9.78 Å². The first-order valence-corrected chi connectivity index (χ1v) is 11.7. The second kappa shape index (κ2) is 10.6. The summed E-state index contributed by atoms with van der Waals surface area (Å²) in [4.78, 5) is 12.6. The molecule has 0 aliphatic rings. The largest absolute Gasteiger partial charge is 0.485 e. The lowest BCUT2D eigenvalue weighted by Gasteiger charge is -2.14. The zero-order valence-electron chi connectivity index (χ0n) is 19.2. The van der Waals surface area contributed by atoms with Crippen LogP contribution in [0, 0.1) is 6.92 Å². The highest BCUT2D eigenvalue weighted by molar-refractivity contribution is 9.10. The van der Waals surface area contributed by atoms with Crippen LogP contribution in [-0.2, 0) is 13.3 Å². The van der Waals surface area contributed by atoms with Gasteiger partial charge in [-0.1, -0.05) is 41.9 Å². The molecular formula is C26H26BrN3O4. The number of hydrogen-bond donors (Lipinski definition) is 1. The number of furan rings is 1. The monoisotopic (exact) mass is 523 g/mol. The smallest absolute Gasteiger partial charge is 0.291 e. The minimum atomic E-state index is -0.363. The first kappa shape index (κ1) is 23.6. The van der Waals surface area contributed by atoms with Crippen LogP contribution in [0.1, 0.15) is 47.2 Å².